The van der Waals surface area contributed by atoms with Crippen LogP contribution in [-0.2, 0) is 0 Å². The molecule has 0 spiro atoms. The molecule has 2 aromatic rings. The highest BCUT2D eigenvalue weighted by Gasteiger charge is 2.25. The zero-order valence-electron chi connectivity index (χ0n) is 17.5. The molecule has 2 aliphatic rings. The minimum Gasteiger partial charge on any atom is -0.352 e. The molecule has 0 N–H and O–H groups in total. The quantitative estimate of drug-likeness (QED) is 0.796. The summed E-state index contributed by atoms with van der Waals surface area (Å²) in [5.41, 5.74) is 1.83. The summed E-state index contributed by atoms with van der Waals surface area (Å²) in [5, 5.41) is 9.06. The largest absolute Gasteiger partial charge is 0.352 e. The summed E-state index contributed by atoms with van der Waals surface area (Å²) in [5.74, 6) is 2.02. The summed E-state index contributed by atoms with van der Waals surface area (Å²) < 4.78 is 0. The summed E-state index contributed by atoms with van der Waals surface area (Å²) in [6.07, 6.45) is 4.94. The number of rotatable bonds is 4. The van der Waals surface area contributed by atoms with E-state index in [1.165, 1.54) is 19.3 Å². The molecule has 1 unspecified atom stereocenters. The van der Waals surface area contributed by atoms with Gasteiger partial charge in [0.05, 0.1) is 0 Å². The number of benzene rings is 1. The normalized spacial score (nSPS) is 20.1. The lowest BCUT2D eigenvalue weighted by Gasteiger charge is -2.37. The van der Waals surface area contributed by atoms with E-state index in [0.29, 0.717) is 19.1 Å². The Kier molecular flexibility index (Phi) is 5.97. The predicted molar refractivity (Wildman–Crippen MR) is 117 cm³/mol. The molecule has 0 radical (unpaired) electrons. The number of nitrogens with zero attached hydrogens (tertiary/aromatic N) is 5. The Morgan fingerprint density at radius 2 is 1.69 bits per heavy atom. The number of anilines is 2. The van der Waals surface area contributed by atoms with Gasteiger partial charge >= 0.3 is 0 Å². The Morgan fingerprint density at radius 3 is 2.38 bits per heavy atom. The first kappa shape index (κ1) is 19.7. The molecule has 2 saturated heterocycles. The van der Waals surface area contributed by atoms with E-state index in [0.717, 1.165) is 48.8 Å². The van der Waals surface area contributed by atoms with Gasteiger partial charge in [-0.25, -0.2) is 0 Å². The Labute approximate surface area is 173 Å². The van der Waals surface area contributed by atoms with Crippen molar-refractivity contribution in [2.24, 2.45) is 0 Å². The van der Waals surface area contributed by atoms with Gasteiger partial charge in [0, 0.05) is 44.3 Å². The smallest absolute Gasteiger partial charge is 0.254 e. The van der Waals surface area contributed by atoms with Gasteiger partial charge in [-0.15, -0.1) is 10.2 Å². The van der Waals surface area contributed by atoms with Crippen molar-refractivity contribution in [1.29, 1.82) is 0 Å². The van der Waals surface area contributed by atoms with Gasteiger partial charge in [-0.2, -0.15) is 0 Å². The molecule has 154 valence electrons. The fraction of sp³-hybridized carbons (Fsp3) is 0.522. The Morgan fingerprint density at radius 1 is 0.966 bits per heavy atom. The fourth-order valence-electron chi connectivity index (χ4n) is 4.49. The number of amides is 1. The van der Waals surface area contributed by atoms with Gasteiger partial charge in [0.15, 0.2) is 11.6 Å². The molecule has 1 atom stereocenters. The number of hydrogen-bond acceptors (Lipinski definition) is 5. The van der Waals surface area contributed by atoms with Crippen molar-refractivity contribution in [2.75, 3.05) is 42.5 Å². The SMILES string of the molecule is CCC1CCCCN1c1ccc(N2CCN(C(=O)c3ccccc3C)CC2)nn1. The Balaban J connectivity index is 1.37. The van der Waals surface area contributed by atoms with Crippen molar-refractivity contribution in [3.05, 3.63) is 47.5 Å². The van der Waals surface area contributed by atoms with Gasteiger partial charge < -0.3 is 14.7 Å². The lowest BCUT2D eigenvalue weighted by Crippen LogP contribution is -2.49. The lowest BCUT2D eigenvalue weighted by molar-refractivity contribution is 0.0745. The molecule has 0 bridgehead atoms. The highest BCUT2D eigenvalue weighted by Crippen LogP contribution is 2.25. The van der Waals surface area contributed by atoms with Crippen LogP contribution in [0.1, 0.15) is 48.5 Å². The van der Waals surface area contributed by atoms with Crippen LogP contribution in [0.5, 0.6) is 0 Å². The number of carbonyl (C=O) groups excluding carboxylic acids is 1. The molecule has 2 aliphatic heterocycles. The summed E-state index contributed by atoms with van der Waals surface area (Å²) in [6.45, 7) is 8.31. The highest BCUT2D eigenvalue weighted by molar-refractivity contribution is 5.95. The summed E-state index contributed by atoms with van der Waals surface area (Å²) >= 11 is 0. The lowest BCUT2D eigenvalue weighted by atomic mass is 10.0. The third-order valence-electron chi connectivity index (χ3n) is 6.30. The van der Waals surface area contributed by atoms with Crippen LogP contribution in [-0.4, -0.2) is 59.8 Å². The summed E-state index contributed by atoms with van der Waals surface area (Å²) in [6, 6.07) is 12.6. The maximum atomic E-state index is 12.8. The first-order valence-electron chi connectivity index (χ1n) is 10.9. The molecule has 3 heterocycles. The van der Waals surface area contributed by atoms with Crippen molar-refractivity contribution < 1.29 is 4.79 Å². The van der Waals surface area contributed by atoms with Crippen LogP contribution in [0.15, 0.2) is 36.4 Å². The van der Waals surface area contributed by atoms with Crippen LogP contribution in [0.3, 0.4) is 0 Å². The van der Waals surface area contributed by atoms with Gasteiger partial charge in [0.25, 0.3) is 5.91 Å². The maximum absolute atomic E-state index is 12.8. The van der Waals surface area contributed by atoms with Crippen LogP contribution in [0.2, 0.25) is 0 Å². The zero-order valence-corrected chi connectivity index (χ0v) is 17.5. The van der Waals surface area contributed by atoms with Crippen molar-refractivity contribution in [3.63, 3.8) is 0 Å². The minimum atomic E-state index is 0.125. The zero-order chi connectivity index (χ0) is 20.2. The molecular weight excluding hydrogens is 362 g/mol. The second kappa shape index (κ2) is 8.80. The van der Waals surface area contributed by atoms with Crippen LogP contribution in [0, 0.1) is 6.92 Å². The number of aromatic nitrogens is 2. The van der Waals surface area contributed by atoms with Gasteiger partial charge in [-0.1, -0.05) is 25.1 Å². The van der Waals surface area contributed by atoms with E-state index in [1.807, 2.05) is 36.1 Å². The minimum absolute atomic E-state index is 0.125. The van der Waals surface area contributed by atoms with E-state index < -0.39 is 0 Å². The van der Waals surface area contributed by atoms with Crippen molar-refractivity contribution in [2.45, 2.75) is 45.6 Å². The van der Waals surface area contributed by atoms with Crippen molar-refractivity contribution >= 4 is 17.5 Å². The van der Waals surface area contributed by atoms with Crippen LogP contribution in [0.4, 0.5) is 11.6 Å². The number of hydrogen-bond donors (Lipinski definition) is 0. The van der Waals surface area contributed by atoms with E-state index in [4.69, 9.17) is 0 Å². The third kappa shape index (κ3) is 4.21. The second-order valence-corrected chi connectivity index (χ2v) is 8.10. The monoisotopic (exact) mass is 393 g/mol. The average molecular weight is 394 g/mol. The van der Waals surface area contributed by atoms with Crippen LogP contribution < -0.4 is 9.80 Å². The number of piperazine rings is 1. The van der Waals surface area contributed by atoms with Crippen molar-refractivity contribution in [3.8, 4) is 0 Å². The Hall–Kier alpha value is -2.63. The first-order valence-corrected chi connectivity index (χ1v) is 10.9. The summed E-state index contributed by atoms with van der Waals surface area (Å²) in [7, 11) is 0. The number of piperidine rings is 1. The molecule has 1 aromatic heterocycles. The second-order valence-electron chi connectivity index (χ2n) is 8.10. The molecule has 1 aromatic carbocycles. The van der Waals surface area contributed by atoms with Gasteiger partial charge in [-0.05, 0) is 56.4 Å². The van der Waals surface area contributed by atoms with Crippen LogP contribution in [0.25, 0.3) is 0 Å². The molecule has 4 rings (SSSR count). The predicted octanol–water partition coefficient (Wildman–Crippen LogP) is 3.52. The molecule has 1 amide bonds. The number of aryl methyl sites for hydroxylation is 1. The highest BCUT2D eigenvalue weighted by atomic mass is 16.2. The molecule has 0 saturated carbocycles. The van der Waals surface area contributed by atoms with Crippen LogP contribution >= 0.6 is 0 Å². The standard InChI is InChI=1S/C23H31N5O/c1-3-19-9-6-7-13-28(19)22-12-11-21(24-25-22)26-14-16-27(17-15-26)23(29)20-10-5-4-8-18(20)2/h4-5,8,10-12,19H,3,6-7,9,13-17H2,1-2H3. The number of carbonyl (C=O) groups is 1. The fourth-order valence-corrected chi connectivity index (χ4v) is 4.49. The van der Waals surface area contributed by atoms with Crippen molar-refractivity contribution in [1.82, 2.24) is 15.1 Å². The van der Waals surface area contributed by atoms with Gasteiger partial charge in [0.2, 0.25) is 0 Å². The maximum Gasteiger partial charge on any atom is 0.254 e. The van der Waals surface area contributed by atoms with E-state index in [1.54, 1.807) is 0 Å². The van der Waals surface area contributed by atoms with E-state index in [9.17, 15) is 4.79 Å². The summed E-state index contributed by atoms with van der Waals surface area (Å²) in [4.78, 5) is 19.4. The topological polar surface area (TPSA) is 52.6 Å². The molecular formula is C23H31N5O. The van der Waals surface area contributed by atoms with Gasteiger partial charge in [-0.3, -0.25) is 4.79 Å². The Bertz CT molecular complexity index is 829. The van der Waals surface area contributed by atoms with E-state index in [-0.39, 0.29) is 5.91 Å². The molecule has 6 nitrogen and oxygen atoms in total. The molecule has 29 heavy (non-hydrogen) atoms. The molecule has 6 heteroatoms. The van der Waals surface area contributed by atoms with E-state index >= 15 is 0 Å². The molecule has 2 fully saturated rings. The first-order chi connectivity index (χ1) is 14.2. The third-order valence-corrected chi connectivity index (χ3v) is 6.30. The van der Waals surface area contributed by atoms with E-state index in [2.05, 4.69) is 39.1 Å². The molecule has 0 aliphatic carbocycles. The average Bonchev–Trinajstić information content (AvgIpc) is 2.79. The van der Waals surface area contributed by atoms with Gasteiger partial charge in [0.1, 0.15) is 0 Å².